The Kier molecular flexibility index (Phi) is 5.34. The number of aromatic nitrogens is 1. The molecule has 0 atom stereocenters. The van der Waals surface area contributed by atoms with Crippen molar-refractivity contribution >= 4 is 22.7 Å². The van der Waals surface area contributed by atoms with E-state index in [2.05, 4.69) is 22.1 Å². The summed E-state index contributed by atoms with van der Waals surface area (Å²) in [6.45, 7) is 6.00. The van der Waals surface area contributed by atoms with Gasteiger partial charge < -0.3 is 9.47 Å². The first kappa shape index (κ1) is 15.1. The fraction of sp³-hybridized carbons (Fsp3) is 0.200. The molecule has 2 aromatic rings. The van der Waals surface area contributed by atoms with Crippen molar-refractivity contribution in [1.29, 1.82) is 0 Å². The van der Waals surface area contributed by atoms with Gasteiger partial charge in [0, 0.05) is 5.38 Å². The maximum Gasteiger partial charge on any atom is 0.203 e. The Morgan fingerprint density at radius 3 is 2.95 bits per heavy atom. The second kappa shape index (κ2) is 7.44. The second-order valence-corrected chi connectivity index (χ2v) is 5.03. The van der Waals surface area contributed by atoms with Gasteiger partial charge in [-0.3, -0.25) is 5.43 Å². The van der Waals surface area contributed by atoms with Gasteiger partial charge in [0.25, 0.3) is 0 Å². The van der Waals surface area contributed by atoms with Crippen molar-refractivity contribution in [2.75, 3.05) is 19.1 Å². The van der Waals surface area contributed by atoms with Crippen LogP contribution < -0.4 is 14.9 Å². The van der Waals surface area contributed by atoms with Crippen LogP contribution in [-0.2, 0) is 0 Å². The number of hydrazone groups is 1. The Morgan fingerprint density at radius 1 is 1.43 bits per heavy atom. The molecule has 0 spiro atoms. The average Bonchev–Trinajstić information content (AvgIpc) is 2.91. The summed E-state index contributed by atoms with van der Waals surface area (Å²) in [7, 11) is 1.60. The Bertz CT molecular complexity index is 638. The van der Waals surface area contributed by atoms with E-state index >= 15 is 0 Å². The molecule has 110 valence electrons. The number of aryl methyl sites for hydroxylation is 1. The smallest absolute Gasteiger partial charge is 0.203 e. The first-order chi connectivity index (χ1) is 10.2. The van der Waals surface area contributed by atoms with Crippen molar-refractivity contribution in [1.82, 2.24) is 4.98 Å². The van der Waals surface area contributed by atoms with E-state index in [-0.39, 0.29) is 0 Å². The fourth-order valence-corrected chi connectivity index (χ4v) is 2.24. The van der Waals surface area contributed by atoms with Gasteiger partial charge in [-0.2, -0.15) is 5.10 Å². The fourth-order valence-electron chi connectivity index (χ4n) is 1.60. The predicted octanol–water partition coefficient (Wildman–Crippen LogP) is 3.47. The summed E-state index contributed by atoms with van der Waals surface area (Å²) in [5.74, 6) is 1.34. The highest BCUT2D eigenvalue weighted by Gasteiger charge is 2.04. The second-order valence-electron chi connectivity index (χ2n) is 4.17. The van der Waals surface area contributed by atoms with Crippen LogP contribution in [0.2, 0.25) is 0 Å². The molecule has 5 nitrogen and oxygen atoms in total. The van der Waals surface area contributed by atoms with Crippen molar-refractivity contribution in [3.8, 4) is 11.5 Å². The molecule has 0 fully saturated rings. The zero-order valence-corrected chi connectivity index (χ0v) is 12.8. The van der Waals surface area contributed by atoms with Crippen molar-refractivity contribution in [3.05, 3.63) is 47.5 Å². The van der Waals surface area contributed by atoms with Crippen molar-refractivity contribution in [2.24, 2.45) is 5.10 Å². The monoisotopic (exact) mass is 303 g/mol. The van der Waals surface area contributed by atoms with Crippen LogP contribution in [0.15, 0.2) is 41.3 Å². The van der Waals surface area contributed by atoms with Crippen LogP contribution >= 0.6 is 11.3 Å². The standard InChI is InChI=1S/C15H17N3O2S/c1-4-7-20-13-6-5-12(8-14(13)19-3)9-16-18-15-17-11(2)10-21-15/h4-6,8-10H,1,7H2,2-3H3,(H,17,18). The summed E-state index contributed by atoms with van der Waals surface area (Å²) in [5.41, 5.74) is 4.77. The Balaban J connectivity index is 2.04. The lowest BCUT2D eigenvalue weighted by atomic mass is 10.2. The number of anilines is 1. The summed E-state index contributed by atoms with van der Waals surface area (Å²) in [4.78, 5) is 4.26. The van der Waals surface area contributed by atoms with E-state index in [1.807, 2.05) is 30.5 Å². The van der Waals surface area contributed by atoms with E-state index in [0.29, 0.717) is 18.1 Å². The summed E-state index contributed by atoms with van der Waals surface area (Å²) < 4.78 is 10.8. The molecule has 0 bridgehead atoms. The van der Waals surface area contributed by atoms with Gasteiger partial charge in [0.2, 0.25) is 5.13 Å². The van der Waals surface area contributed by atoms with Crippen LogP contribution in [-0.4, -0.2) is 24.9 Å². The minimum Gasteiger partial charge on any atom is -0.493 e. The predicted molar refractivity (Wildman–Crippen MR) is 86.8 cm³/mol. The summed E-state index contributed by atoms with van der Waals surface area (Å²) >= 11 is 1.51. The number of hydrogen-bond acceptors (Lipinski definition) is 6. The van der Waals surface area contributed by atoms with E-state index in [1.54, 1.807) is 19.4 Å². The van der Waals surface area contributed by atoms with E-state index in [0.717, 1.165) is 16.4 Å². The normalized spacial score (nSPS) is 10.6. The number of thiazole rings is 1. The molecule has 1 aromatic heterocycles. The van der Waals surface area contributed by atoms with E-state index in [9.17, 15) is 0 Å². The van der Waals surface area contributed by atoms with Crippen LogP contribution in [0.3, 0.4) is 0 Å². The molecule has 0 unspecified atom stereocenters. The lowest BCUT2D eigenvalue weighted by Crippen LogP contribution is -1.97. The van der Waals surface area contributed by atoms with Crippen LogP contribution in [0.25, 0.3) is 0 Å². The minimum atomic E-state index is 0.439. The molecule has 0 amide bonds. The third-order valence-electron chi connectivity index (χ3n) is 2.54. The zero-order valence-electron chi connectivity index (χ0n) is 12.0. The van der Waals surface area contributed by atoms with Gasteiger partial charge >= 0.3 is 0 Å². The number of nitrogens with one attached hydrogen (secondary N) is 1. The summed E-state index contributed by atoms with van der Waals surface area (Å²) in [5, 5.41) is 6.88. The number of methoxy groups -OCH3 is 1. The molecular formula is C15H17N3O2S. The number of rotatable bonds is 7. The molecule has 0 saturated heterocycles. The Labute approximate surface area is 127 Å². The van der Waals surface area contributed by atoms with Gasteiger partial charge in [0.1, 0.15) is 6.61 Å². The lowest BCUT2D eigenvalue weighted by molar-refractivity contribution is 0.326. The van der Waals surface area contributed by atoms with E-state index in [4.69, 9.17) is 9.47 Å². The highest BCUT2D eigenvalue weighted by Crippen LogP contribution is 2.27. The maximum atomic E-state index is 5.50. The van der Waals surface area contributed by atoms with Gasteiger partial charge in [-0.05, 0) is 30.7 Å². The number of nitrogens with zero attached hydrogens (tertiary/aromatic N) is 2. The molecule has 1 heterocycles. The average molecular weight is 303 g/mol. The molecule has 6 heteroatoms. The van der Waals surface area contributed by atoms with Gasteiger partial charge in [-0.1, -0.05) is 12.7 Å². The number of benzene rings is 1. The SMILES string of the molecule is C=CCOc1ccc(C=NNc2nc(C)cs2)cc1OC. The topological polar surface area (TPSA) is 55.7 Å². The highest BCUT2D eigenvalue weighted by molar-refractivity contribution is 7.13. The van der Waals surface area contributed by atoms with Crippen molar-refractivity contribution in [3.63, 3.8) is 0 Å². The van der Waals surface area contributed by atoms with Crippen LogP contribution in [0.1, 0.15) is 11.3 Å². The molecule has 2 rings (SSSR count). The first-order valence-electron chi connectivity index (χ1n) is 6.36. The molecule has 0 aliphatic heterocycles. The van der Waals surface area contributed by atoms with E-state index < -0.39 is 0 Å². The summed E-state index contributed by atoms with van der Waals surface area (Å²) in [6.07, 6.45) is 3.39. The molecule has 1 aromatic carbocycles. The minimum absolute atomic E-state index is 0.439. The Morgan fingerprint density at radius 2 is 2.29 bits per heavy atom. The summed E-state index contributed by atoms with van der Waals surface area (Å²) in [6, 6.07) is 5.60. The first-order valence-corrected chi connectivity index (χ1v) is 7.24. The zero-order chi connectivity index (χ0) is 15.1. The molecule has 0 aliphatic rings. The largest absolute Gasteiger partial charge is 0.493 e. The lowest BCUT2D eigenvalue weighted by Gasteiger charge is -2.09. The Hall–Kier alpha value is -2.34. The molecule has 1 N–H and O–H groups in total. The third kappa shape index (κ3) is 4.32. The van der Waals surface area contributed by atoms with Gasteiger partial charge in [0.15, 0.2) is 11.5 Å². The number of hydrogen-bond donors (Lipinski definition) is 1. The molecular weight excluding hydrogens is 286 g/mol. The number of ether oxygens (including phenoxy) is 2. The molecule has 21 heavy (non-hydrogen) atoms. The van der Waals surface area contributed by atoms with Gasteiger partial charge in [0.05, 0.1) is 19.0 Å². The van der Waals surface area contributed by atoms with Crippen LogP contribution in [0.5, 0.6) is 11.5 Å². The highest BCUT2D eigenvalue weighted by atomic mass is 32.1. The van der Waals surface area contributed by atoms with Crippen LogP contribution in [0.4, 0.5) is 5.13 Å². The quantitative estimate of drug-likeness (QED) is 0.483. The molecule has 0 radical (unpaired) electrons. The third-order valence-corrected chi connectivity index (χ3v) is 3.40. The molecule has 0 aliphatic carbocycles. The van der Waals surface area contributed by atoms with E-state index in [1.165, 1.54) is 11.3 Å². The van der Waals surface area contributed by atoms with Crippen molar-refractivity contribution < 1.29 is 9.47 Å². The van der Waals surface area contributed by atoms with Crippen LogP contribution in [0, 0.1) is 6.92 Å². The molecule has 0 saturated carbocycles. The van der Waals surface area contributed by atoms with Crippen molar-refractivity contribution in [2.45, 2.75) is 6.92 Å². The maximum absolute atomic E-state index is 5.50. The van der Waals surface area contributed by atoms with Gasteiger partial charge in [-0.15, -0.1) is 11.3 Å². The van der Waals surface area contributed by atoms with Gasteiger partial charge in [-0.25, -0.2) is 4.98 Å².